The summed E-state index contributed by atoms with van der Waals surface area (Å²) in [5.41, 5.74) is -2.60. The molecule has 2 aromatic carbocycles. The van der Waals surface area contributed by atoms with E-state index in [4.69, 9.17) is 25.9 Å². The number of alkyl halides is 3. The number of carbonyl (C=O) groups excluding carboxylic acids is 1. The number of hydrogen-bond donors (Lipinski definition) is 2. The highest BCUT2D eigenvalue weighted by Gasteiger charge is 2.38. The van der Waals surface area contributed by atoms with Crippen LogP contribution in [0.4, 0.5) is 23.2 Å². The van der Waals surface area contributed by atoms with E-state index in [1.165, 1.54) is 37.6 Å². The van der Waals surface area contributed by atoms with Crippen molar-refractivity contribution in [3.63, 3.8) is 0 Å². The van der Waals surface area contributed by atoms with Crippen LogP contribution in [0, 0.1) is 17.5 Å². The van der Waals surface area contributed by atoms with E-state index in [0.29, 0.717) is 0 Å². The molecule has 0 spiro atoms. The van der Waals surface area contributed by atoms with E-state index in [2.05, 4.69) is 15.5 Å². The molecule has 1 atom stereocenters. The molecule has 14 heteroatoms. The van der Waals surface area contributed by atoms with Crippen LogP contribution in [0.15, 0.2) is 41.3 Å². The summed E-state index contributed by atoms with van der Waals surface area (Å²) < 4.78 is 84.4. The van der Waals surface area contributed by atoms with E-state index in [-0.39, 0.29) is 27.1 Å². The number of carbonyl (C=O) groups is 1. The molecule has 0 aliphatic rings. The molecule has 8 nitrogen and oxygen atoms in total. The Bertz CT molecular complexity index is 1390. The van der Waals surface area contributed by atoms with Crippen LogP contribution in [0.5, 0.6) is 17.4 Å². The fraction of sp³-hybridized carbons (Fsp3) is 0.190. The first-order valence-corrected chi connectivity index (χ1v) is 11.9. The first-order valence-electron chi connectivity index (χ1n) is 9.53. The molecule has 0 fully saturated rings. The van der Waals surface area contributed by atoms with Gasteiger partial charge in [0, 0.05) is 29.0 Å². The molecule has 35 heavy (non-hydrogen) atoms. The van der Waals surface area contributed by atoms with Gasteiger partial charge in [-0.2, -0.15) is 13.2 Å². The zero-order chi connectivity index (χ0) is 26.1. The zero-order valence-corrected chi connectivity index (χ0v) is 19.9. The first kappa shape index (κ1) is 26.2. The van der Waals surface area contributed by atoms with E-state index in [1.807, 2.05) is 0 Å². The molecule has 2 N–H and O–H groups in total. The normalized spacial score (nSPS) is 13.1. The van der Waals surface area contributed by atoms with Crippen molar-refractivity contribution < 1.29 is 36.0 Å². The van der Waals surface area contributed by atoms with Gasteiger partial charge >= 0.3 is 6.18 Å². The molecule has 0 aliphatic carbocycles. The van der Waals surface area contributed by atoms with E-state index in [1.54, 1.807) is 0 Å². The Kier molecular flexibility index (Phi) is 7.22. The van der Waals surface area contributed by atoms with Gasteiger partial charge in [-0.1, -0.05) is 17.7 Å². The van der Waals surface area contributed by atoms with Gasteiger partial charge in [0.25, 0.3) is 11.8 Å². The number of nitrogens with one attached hydrogen (secondary N) is 2. The van der Waals surface area contributed by atoms with Crippen molar-refractivity contribution in [2.75, 3.05) is 18.7 Å². The summed E-state index contributed by atoms with van der Waals surface area (Å²) in [4.78, 5) is 13.1. The number of aromatic nitrogens is 2. The third kappa shape index (κ3) is 5.80. The molecule has 1 heterocycles. The third-order valence-corrected chi connectivity index (χ3v) is 6.05. The molecule has 0 aliphatic heterocycles. The van der Waals surface area contributed by atoms with Gasteiger partial charge in [-0.15, -0.1) is 10.2 Å². The highest BCUT2D eigenvalue weighted by atomic mass is 35.5. The molecule has 0 radical (unpaired) electrons. The molecular weight excluding hydrogens is 516 g/mol. The average Bonchev–Trinajstić information content (AvgIpc) is 2.72. The Labute approximate surface area is 202 Å². The summed E-state index contributed by atoms with van der Waals surface area (Å²) in [5.74, 6) is -3.20. The summed E-state index contributed by atoms with van der Waals surface area (Å²) in [6.45, 7) is 1.000. The maximum Gasteiger partial charge on any atom is 0.435 e. The topological polar surface area (TPSA) is 114 Å². The number of nitrogens with zero attached hydrogens (tertiary/aromatic N) is 2. The van der Waals surface area contributed by atoms with Crippen molar-refractivity contribution in [3.8, 4) is 17.4 Å². The van der Waals surface area contributed by atoms with Crippen LogP contribution < -0.4 is 14.8 Å². The lowest BCUT2D eigenvalue weighted by molar-refractivity contribution is -0.142. The zero-order valence-electron chi connectivity index (χ0n) is 18.3. The molecule has 1 amide bonds. The van der Waals surface area contributed by atoms with Crippen LogP contribution in [0.1, 0.15) is 21.6 Å². The number of rotatable bonds is 6. The monoisotopic (exact) mass is 532 g/mol. The maximum atomic E-state index is 14.2. The quantitative estimate of drug-likeness (QED) is 0.394. The predicted octanol–water partition coefficient (Wildman–Crippen LogP) is 5.68. The third-order valence-electron chi connectivity index (χ3n) is 4.61. The number of methoxy groups -OCH3 is 1. The smallest absolute Gasteiger partial charge is 0.435 e. The van der Waals surface area contributed by atoms with Gasteiger partial charge in [0.05, 0.1) is 21.9 Å². The van der Waals surface area contributed by atoms with Crippen LogP contribution in [-0.2, 0) is 15.9 Å². The molecule has 0 saturated heterocycles. The molecular formula is C21H17ClF4N4O4S. The molecule has 3 aromatic rings. The van der Waals surface area contributed by atoms with Gasteiger partial charge in [-0.05, 0) is 30.7 Å². The molecule has 186 valence electrons. The van der Waals surface area contributed by atoms with Crippen molar-refractivity contribution in [2.24, 2.45) is 0 Å². The van der Waals surface area contributed by atoms with E-state index < -0.39 is 50.3 Å². The largest absolute Gasteiger partial charge is 0.492 e. The van der Waals surface area contributed by atoms with Gasteiger partial charge in [0.1, 0.15) is 11.3 Å². The molecule has 0 saturated carbocycles. The van der Waals surface area contributed by atoms with E-state index in [9.17, 15) is 26.6 Å². The SMILES string of the molecule is COc1c(F)cc(Oc2nnc(C(F)(F)F)c(C)c2C(=O)Nc2cccc(S(C)(=N)=O)c2)cc1Cl. The fourth-order valence-electron chi connectivity index (χ4n) is 3.02. The number of halogens is 5. The predicted molar refractivity (Wildman–Crippen MR) is 119 cm³/mol. The Hall–Kier alpha value is -3.45. The lowest BCUT2D eigenvalue weighted by Crippen LogP contribution is -2.21. The van der Waals surface area contributed by atoms with Crippen molar-refractivity contribution in [3.05, 3.63) is 64.1 Å². The summed E-state index contributed by atoms with van der Waals surface area (Å²) >= 11 is 5.93. The van der Waals surface area contributed by atoms with Crippen molar-refractivity contribution in [1.29, 1.82) is 4.78 Å². The minimum atomic E-state index is -4.93. The van der Waals surface area contributed by atoms with Gasteiger partial charge < -0.3 is 14.8 Å². The van der Waals surface area contributed by atoms with Gasteiger partial charge in [-0.25, -0.2) is 13.4 Å². The fourth-order valence-corrected chi connectivity index (χ4v) is 3.98. The minimum absolute atomic E-state index is 0.0589. The Morgan fingerprint density at radius 3 is 2.46 bits per heavy atom. The lowest BCUT2D eigenvalue weighted by Gasteiger charge is -2.16. The van der Waals surface area contributed by atoms with Crippen molar-refractivity contribution in [2.45, 2.75) is 18.0 Å². The number of anilines is 1. The molecule has 0 bridgehead atoms. The van der Waals surface area contributed by atoms with Crippen LogP contribution >= 0.6 is 11.6 Å². The second-order valence-corrected chi connectivity index (χ2v) is 9.77. The van der Waals surface area contributed by atoms with Crippen molar-refractivity contribution in [1.82, 2.24) is 10.2 Å². The van der Waals surface area contributed by atoms with Crippen LogP contribution in [0.25, 0.3) is 0 Å². The molecule has 3 rings (SSSR count). The molecule has 1 aromatic heterocycles. The molecule has 1 unspecified atom stereocenters. The highest BCUT2D eigenvalue weighted by molar-refractivity contribution is 7.91. The summed E-state index contributed by atoms with van der Waals surface area (Å²) in [6, 6.07) is 7.43. The van der Waals surface area contributed by atoms with Gasteiger partial charge in [-0.3, -0.25) is 4.79 Å². The average molecular weight is 533 g/mol. The number of amides is 1. The lowest BCUT2D eigenvalue weighted by atomic mass is 10.1. The second kappa shape index (κ2) is 9.66. The maximum absolute atomic E-state index is 14.2. The van der Waals surface area contributed by atoms with E-state index >= 15 is 0 Å². The summed E-state index contributed by atoms with van der Waals surface area (Å²) in [7, 11) is -1.94. The minimum Gasteiger partial charge on any atom is -0.492 e. The number of hydrogen-bond acceptors (Lipinski definition) is 7. The Morgan fingerprint density at radius 1 is 1.20 bits per heavy atom. The highest BCUT2D eigenvalue weighted by Crippen LogP contribution is 2.37. The number of ether oxygens (including phenoxy) is 2. The summed E-state index contributed by atoms with van der Waals surface area (Å²) in [6.07, 6.45) is -3.76. The standard InChI is InChI=1S/C21H17ClF4N4O4S/c1-10-16(19(31)28-11-5-4-6-13(7-11)35(3,27)32)20(30-29-18(10)21(24,25)26)34-12-8-14(22)17(33-2)15(23)9-12/h4-9,27H,1-3H3,(H,28,31). The number of benzene rings is 2. The van der Waals surface area contributed by atoms with Crippen LogP contribution in [-0.4, -0.2) is 33.7 Å². The second-order valence-electron chi connectivity index (χ2n) is 7.20. The van der Waals surface area contributed by atoms with Crippen molar-refractivity contribution >= 4 is 32.9 Å². The van der Waals surface area contributed by atoms with Crippen LogP contribution in [0.2, 0.25) is 5.02 Å². The van der Waals surface area contributed by atoms with Gasteiger partial charge in [0.15, 0.2) is 17.3 Å². The van der Waals surface area contributed by atoms with Gasteiger partial charge in [0.2, 0.25) is 0 Å². The Morgan fingerprint density at radius 2 is 1.89 bits per heavy atom. The van der Waals surface area contributed by atoms with Crippen LogP contribution in [0.3, 0.4) is 0 Å². The summed E-state index contributed by atoms with van der Waals surface area (Å²) in [5, 5.41) is 8.70. The van der Waals surface area contributed by atoms with E-state index in [0.717, 1.165) is 19.1 Å². The Balaban J connectivity index is 2.09. The first-order chi connectivity index (χ1) is 16.2.